The van der Waals surface area contributed by atoms with Gasteiger partial charge in [-0.25, -0.2) is 18.5 Å². The van der Waals surface area contributed by atoms with E-state index in [0.717, 1.165) is 0 Å². The van der Waals surface area contributed by atoms with Crippen molar-refractivity contribution in [2.45, 2.75) is 24.6 Å². The summed E-state index contributed by atoms with van der Waals surface area (Å²) in [5, 5.41) is 4.77. The van der Waals surface area contributed by atoms with Crippen molar-refractivity contribution in [1.82, 2.24) is 9.55 Å². The Morgan fingerprint density at radius 3 is 2.79 bits per heavy atom. The zero-order valence-corrected chi connectivity index (χ0v) is 8.86. The molecule has 0 aliphatic carbocycles. The summed E-state index contributed by atoms with van der Waals surface area (Å²) in [5.41, 5.74) is 0. The summed E-state index contributed by atoms with van der Waals surface area (Å²) in [6, 6.07) is 0. The molecule has 0 bridgehead atoms. The van der Waals surface area contributed by atoms with Gasteiger partial charge < -0.3 is 9.30 Å². The maximum atomic E-state index is 10.9. The summed E-state index contributed by atoms with van der Waals surface area (Å²) < 4.78 is 28.4. The minimum Gasteiger partial charge on any atom is -0.380 e. The van der Waals surface area contributed by atoms with Gasteiger partial charge in [0.15, 0.2) is 5.03 Å². The Balaban J connectivity index is 2.79. The van der Waals surface area contributed by atoms with Gasteiger partial charge >= 0.3 is 0 Å². The van der Waals surface area contributed by atoms with Gasteiger partial charge in [0.2, 0.25) is 0 Å². The van der Waals surface area contributed by atoms with Crippen LogP contribution < -0.4 is 5.14 Å². The van der Waals surface area contributed by atoms with Crippen LogP contribution in [-0.2, 0) is 21.3 Å². The van der Waals surface area contributed by atoms with Crippen molar-refractivity contribution in [2.24, 2.45) is 5.14 Å². The zero-order chi connectivity index (χ0) is 10.8. The van der Waals surface area contributed by atoms with Crippen LogP contribution in [0.1, 0.15) is 6.92 Å². The van der Waals surface area contributed by atoms with Crippen LogP contribution in [0.4, 0.5) is 0 Å². The first kappa shape index (κ1) is 11.2. The summed E-state index contributed by atoms with van der Waals surface area (Å²) in [6.45, 7) is 2.41. The SMILES string of the molecule is COC(C)Cn1cnc(S(N)(=O)=O)c1. The fourth-order valence-electron chi connectivity index (χ4n) is 0.958. The topological polar surface area (TPSA) is 87.2 Å². The Kier molecular flexibility index (Phi) is 3.25. The van der Waals surface area contributed by atoms with E-state index in [1.807, 2.05) is 6.92 Å². The number of hydrogen-bond acceptors (Lipinski definition) is 4. The normalized spacial score (nSPS) is 14.2. The lowest BCUT2D eigenvalue weighted by Gasteiger charge is -2.08. The van der Waals surface area contributed by atoms with E-state index in [1.54, 1.807) is 11.7 Å². The number of sulfonamides is 1. The van der Waals surface area contributed by atoms with Gasteiger partial charge in [-0.05, 0) is 6.92 Å². The fourth-order valence-corrected chi connectivity index (χ4v) is 1.43. The molecule has 1 unspecified atom stereocenters. The van der Waals surface area contributed by atoms with Crippen LogP contribution in [0.3, 0.4) is 0 Å². The second-order valence-electron chi connectivity index (χ2n) is 3.00. The smallest absolute Gasteiger partial charge is 0.257 e. The maximum Gasteiger partial charge on any atom is 0.257 e. The number of methoxy groups -OCH3 is 1. The largest absolute Gasteiger partial charge is 0.380 e. The first-order chi connectivity index (χ1) is 6.43. The molecule has 1 aromatic heterocycles. The summed E-state index contributed by atoms with van der Waals surface area (Å²) in [5.74, 6) is 0. The van der Waals surface area contributed by atoms with E-state index < -0.39 is 10.0 Å². The number of rotatable bonds is 4. The first-order valence-electron chi connectivity index (χ1n) is 4.01. The quantitative estimate of drug-likeness (QED) is 0.744. The van der Waals surface area contributed by atoms with E-state index in [2.05, 4.69) is 4.98 Å². The molecule has 1 rings (SSSR count). The highest BCUT2D eigenvalue weighted by molar-refractivity contribution is 7.89. The molecule has 0 saturated carbocycles. The van der Waals surface area contributed by atoms with Crippen LogP contribution >= 0.6 is 0 Å². The summed E-state index contributed by atoms with van der Waals surface area (Å²) in [6.07, 6.45) is 2.79. The second-order valence-corrected chi connectivity index (χ2v) is 4.51. The lowest BCUT2D eigenvalue weighted by atomic mass is 10.4. The molecule has 0 aliphatic heterocycles. The number of imidazole rings is 1. The molecule has 7 heteroatoms. The average molecular weight is 219 g/mol. The number of nitrogens with zero attached hydrogens (tertiary/aromatic N) is 2. The predicted molar refractivity (Wildman–Crippen MR) is 50.1 cm³/mol. The van der Waals surface area contributed by atoms with Gasteiger partial charge in [-0.3, -0.25) is 0 Å². The van der Waals surface area contributed by atoms with Crippen LogP contribution in [0.15, 0.2) is 17.6 Å². The van der Waals surface area contributed by atoms with E-state index in [0.29, 0.717) is 6.54 Å². The van der Waals surface area contributed by atoms with Crippen molar-refractivity contribution in [3.05, 3.63) is 12.5 Å². The monoisotopic (exact) mass is 219 g/mol. The first-order valence-corrected chi connectivity index (χ1v) is 5.55. The average Bonchev–Trinajstić information content (AvgIpc) is 2.51. The molecular weight excluding hydrogens is 206 g/mol. The van der Waals surface area contributed by atoms with Gasteiger partial charge in [0.25, 0.3) is 10.0 Å². The van der Waals surface area contributed by atoms with Crippen LogP contribution in [0.25, 0.3) is 0 Å². The zero-order valence-electron chi connectivity index (χ0n) is 8.04. The minimum atomic E-state index is -3.70. The third-order valence-corrected chi connectivity index (χ3v) is 2.57. The molecule has 80 valence electrons. The molecule has 0 spiro atoms. The number of ether oxygens (including phenoxy) is 1. The number of primary sulfonamides is 1. The van der Waals surface area contributed by atoms with E-state index in [4.69, 9.17) is 9.88 Å². The molecular formula is C7H13N3O3S. The molecule has 6 nitrogen and oxygen atoms in total. The molecule has 0 radical (unpaired) electrons. The van der Waals surface area contributed by atoms with Gasteiger partial charge in [-0.1, -0.05) is 0 Å². The molecule has 0 amide bonds. The standard InChI is InChI=1S/C7H13N3O3S/c1-6(13-2)3-10-4-7(9-5-10)14(8,11)12/h4-6H,3H2,1-2H3,(H2,8,11,12). The molecule has 2 N–H and O–H groups in total. The second kappa shape index (κ2) is 4.07. The highest BCUT2D eigenvalue weighted by atomic mass is 32.2. The van der Waals surface area contributed by atoms with E-state index in [1.165, 1.54) is 12.5 Å². The lowest BCUT2D eigenvalue weighted by molar-refractivity contribution is 0.103. The van der Waals surface area contributed by atoms with Crippen LogP contribution in [0.5, 0.6) is 0 Å². The predicted octanol–water partition coefficient (Wildman–Crippen LogP) is -0.435. The van der Waals surface area contributed by atoms with Crippen LogP contribution in [0, 0.1) is 0 Å². The molecule has 1 heterocycles. The summed E-state index contributed by atoms with van der Waals surface area (Å²) in [4.78, 5) is 3.67. The van der Waals surface area contributed by atoms with Crippen molar-refractivity contribution in [2.75, 3.05) is 7.11 Å². The van der Waals surface area contributed by atoms with Crippen molar-refractivity contribution < 1.29 is 13.2 Å². The Morgan fingerprint density at radius 1 is 1.71 bits per heavy atom. The van der Waals surface area contributed by atoms with Crippen molar-refractivity contribution in [3.63, 3.8) is 0 Å². The molecule has 14 heavy (non-hydrogen) atoms. The van der Waals surface area contributed by atoms with Crippen molar-refractivity contribution in [3.8, 4) is 0 Å². The van der Waals surface area contributed by atoms with E-state index in [-0.39, 0.29) is 11.1 Å². The third-order valence-electron chi connectivity index (χ3n) is 1.77. The van der Waals surface area contributed by atoms with Crippen molar-refractivity contribution in [1.29, 1.82) is 0 Å². The van der Waals surface area contributed by atoms with Crippen LogP contribution in [0.2, 0.25) is 0 Å². The van der Waals surface area contributed by atoms with Gasteiger partial charge in [0.1, 0.15) is 0 Å². The lowest BCUT2D eigenvalue weighted by Crippen LogP contribution is -2.14. The minimum absolute atomic E-state index is 0.00229. The Morgan fingerprint density at radius 2 is 2.36 bits per heavy atom. The Labute approximate surface area is 82.7 Å². The van der Waals surface area contributed by atoms with Gasteiger partial charge in [-0.15, -0.1) is 0 Å². The third kappa shape index (κ3) is 2.79. The van der Waals surface area contributed by atoms with E-state index in [9.17, 15) is 8.42 Å². The highest BCUT2D eigenvalue weighted by Crippen LogP contribution is 2.03. The van der Waals surface area contributed by atoms with Gasteiger partial charge in [0.05, 0.1) is 12.4 Å². The number of aromatic nitrogens is 2. The van der Waals surface area contributed by atoms with Gasteiger partial charge in [-0.2, -0.15) is 0 Å². The Bertz CT molecular complexity index is 398. The maximum absolute atomic E-state index is 10.9. The summed E-state index contributed by atoms with van der Waals surface area (Å²) >= 11 is 0. The molecule has 0 fully saturated rings. The summed E-state index contributed by atoms with van der Waals surface area (Å²) in [7, 11) is -2.11. The fraction of sp³-hybridized carbons (Fsp3) is 0.571. The number of nitrogens with two attached hydrogens (primary N) is 1. The highest BCUT2D eigenvalue weighted by Gasteiger charge is 2.11. The molecule has 0 saturated heterocycles. The molecule has 1 aromatic rings. The van der Waals surface area contributed by atoms with Gasteiger partial charge in [0, 0.05) is 19.9 Å². The van der Waals surface area contributed by atoms with Crippen molar-refractivity contribution >= 4 is 10.0 Å². The Hall–Kier alpha value is -0.920. The number of hydrogen-bond donors (Lipinski definition) is 1. The van der Waals surface area contributed by atoms with Crippen LogP contribution in [-0.4, -0.2) is 31.2 Å². The molecule has 0 aliphatic rings. The molecule has 0 aromatic carbocycles. The molecule has 1 atom stereocenters. The van der Waals surface area contributed by atoms with E-state index >= 15 is 0 Å².